The maximum absolute atomic E-state index is 12.5. The van der Waals surface area contributed by atoms with Crippen molar-refractivity contribution in [1.82, 2.24) is 0 Å². The number of carbonyl (C=O) groups is 1. The SMILES string of the molecule is C[N+]1(C)[C@@H]2CC[C@H]1CC(OC(=O)C(CO)c1ccccc1)C2.[Br-]. The Morgan fingerprint density at radius 1 is 1.22 bits per heavy atom. The standard InChI is InChI=1S/C18H26NO3.BrH/c1-19(2)14-8-9-15(19)11-16(10-14)22-18(21)17(12-20)13-6-4-3-5-7-13;/h3-7,14-17,20H,8-12H2,1-2H3;1H/q+1;/p-1/t14-,15+,16?,17?;. The zero-order valence-electron chi connectivity index (χ0n) is 13.8. The van der Waals surface area contributed by atoms with Crippen molar-refractivity contribution >= 4 is 5.97 Å². The maximum atomic E-state index is 12.5. The van der Waals surface area contributed by atoms with Gasteiger partial charge < -0.3 is 31.3 Å². The van der Waals surface area contributed by atoms with Crippen molar-refractivity contribution < 1.29 is 36.1 Å². The first kappa shape index (κ1) is 18.4. The number of quaternary nitrogens is 1. The van der Waals surface area contributed by atoms with Crippen LogP contribution in [0.25, 0.3) is 0 Å². The van der Waals surface area contributed by atoms with E-state index in [9.17, 15) is 9.90 Å². The molecule has 5 heteroatoms. The Hall–Kier alpha value is -0.910. The molecule has 0 aliphatic carbocycles. The van der Waals surface area contributed by atoms with Crippen molar-refractivity contribution in [3.63, 3.8) is 0 Å². The molecule has 0 aromatic heterocycles. The van der Waals surface area contributed by atoms with Gasteiger partial charge in [-0.1, -0.05) is 30.3 Å². The van der Waals surface area contributed by atoms with E-state index in [0.717, 1.165) is 22.9 Å². The van der Waals surface area contributed by atoms with E-state index in [1.54, 1.807) is 0 Å². The van der Waals surface area contributed by atoms with E-state index in [0.29, 0.717) is 12.1 Å². The lowest BCUT2D eigenvalue weighted by molar-refractivity contribution is -0.931. The Bertz CT molecular complexity index is 518. The van der Waals surface area contributed by atoms with E-state index < -0.39 is 5.92 Å². The molecular weight excluding hydrogens is 358 g/mol. The molecule has 128 valence electrons. The number of nitrogens with zero attached hydrogens (tertiary/aromatic N) is 1. The molecule has 0 saturated carbocycles. The predicted molar refractivity (Wildman–Crippen MR) is 84.3 cm³/mol. The zero-order valence-corrected chi connectivity index (χ0v) is 15.4. The summed E-state index contributed by atoms with van der Waals surface area (Å²) >= 11 is 0. The van der Waals surface area contributed by atoms with Crippen LogP contribution in [0.4, 0.5) is 0 Å². The second kappa shape index (κ2) is 7.32. The molecule has 1 aromatic rings. The first-order valence-electron chi connectivity index (χ1n) is 8.22. The quantitative estimate of drug-likeness (QED) is 0.540. The molecule has 2 aliphatic heterocycles. The molecular formula is C18H26BrNO3. The Labute approximate surface area is 148 Å². The molecule has 3 rings (SSSR count). The summed E-state index contributed by atoms with van der Waals surface area (Å²) in [5.41, 5.74) is 0.824. The topological polar surface area (TPSA) is 46.5 Å². The molecule has 1 aromatic carbocycles. The lowest BCUT2D eigenvalue weighted by Crippen LogP contribution is -3.00. The van der Waals surface area contributed by atoms with Crippen LogP contribution in [-0.2, 0) is 9.53 Å². The first-order chi connectivity index (χ1) is 10.5. The number of benzene rings is 1. The maximum Gasteiger partial charge on any atom is 0.316 e. The number of piperidine rings is 1. The van der Waals surface area contributed by atoms with Gasteiger partial charge in [-0.05, 0) is 5.56 Å². The van der Waals surface area contributed by atoms with Crippen LogP contribution in [0.1, 0.15) is 37.2 Å². The van der Waals surface area contributed by atoms with Gasteiger partial charge in [0, 0.05) is 25.7 Å². The van der Waals surface area contributed by atoms with Crippen LogP contribution < -0.4 is 17.0 Å². The third-order valence-corrected chi connectivity index (χ3v) is 5.74. The highest BCUT2D eigenvalue weighted by atomic mass is 79.9. The third-order valence-electron chi connectivity index (χ3n) is 5.74. The summed E-state index contributed by atoms with van der Waals surface area (Å²) in [6.07, 6.45) is 4.36. The minimum atomic E-state index is -0.566. The molecule has 23 heavy (non-hydrogen) atoms. The van der Waals surface area contributed by atoms with Crippen LogP contribution in [0.2, 0.25) is 0 Å². The van der Waals surface area contributed by atoms with Gasteiger partial charge in [-0.2, -0.15) is 0 Å². The van der Waals surface area contributed by atoms with Crippen molar-refractivity contribution in [3.05, 3.63) is 35.9 Å². The fourth-order valence-corrected chi connectivity index (χ4v) is 4.17. The lowest BCUT2D eigenvalue weighted by Gasteiger charge is -2.44. The largest absolute Gasteiger partial charge is 1.00 e. The Kier molecular flexibility index (Phi) is 5.87. The second-order valence-corrected chi connectivity index (χ2v) is 7.19. The summed E-state index contributed by atoms with van der Waals surface area (Å²) in [6, 6.07) is 10.6. The average molecular weight is 384 g/mol. The van der Waals surface area contributed by atoms with Gasteiger partial charge in [0.15, 0.2) is 0 Å². The summed E-state index contributed by atoms with van der Waals surface area (Å²) in [5, 5.41) is 9.57. The van der Waals surface area contributed by atoms with E-state index in [2.05, 4.69) is 14.1 Å². The fourth-order valence-electron chi connectivity index (χ4n) is 4.17. The van der Waals surface area contributed by atoms with E-state index in [4.69, 9.17) is 4.74 Å². The summed E-state index contributed by atoms with van der Waals surface area (Å²) in [6.45, 7) is -0.204. The zero-order chi connectivity index (χ0) is 15.7. The minimum absolute atomic E-state index is 0. The number of aliphatic hydroxyl groups is 1. The Morgan fingerprint density at radius 3 is 2.30 bits per heavy atom. The van der Waals surface area contributed by atoms with Gasteiger partial charge >= 0.3 is 5.97 Å². The normalized spacial score (nSPS) is 29.4. The van der Waals surface area contributed by atoms with Gasteiger partial charge in [0.1, 0.15) is 12.0 Å². The Balaban J connectivity index is 0.00000192. The van der Waals surface area contributed by atoms with Crippen LogP contribution in [0.5, 0.6) is 0 Å². The number of fused-ring (bicyclic) bond motifs is 2. The number of ether oxygens (including phenoxy) is 1. The monoisotopic (exact) mass is 383 g/mol. The Morgan fingerprint density at radius 2 is 1.78 bits per heavy atom. The highest BCUT2D eigenvalue weighted by Crippen LogP contribution is 2.40. The predicted octanol–water partition coefficient (Wildman–Crippen LogP) is -0.920. The van der Waals surface area contributed by atoms with Crippen LogP contribution >= 0.6 is 0 Å². The molecule has 4 atom stereocenters. The number of hydrogen-bond acceptors (Lipinski definition) is 3. The van der Waals surface area contributed by atoms with Crippen LogP contribution in [0.3, 0.4) is 0 Å². The van der Waals surface area contributed by atoms with E-state index >= 15 is 0 Å². The number of carbonyl (C=O) groups excluding carboxylic acids is 1. The molecule has 2 heterocycles. The lowest BCUT2D eigenvalue weighted by atomic mass is 9.96. The van der Waals surface area contributed by atoms with Gasteiger partial charge in [0.05, 0.1) is 32.8 Å². The number of rotatable bonds is 4. The third kappa shape index (κ3) is 3.62. The number of halogens is 1. The van der Waals surface area contributed by atoms with Gasteiger partial charge in [0.2, 0.25) is 0 Å². The first-order valence-corrected chi connectivity index (χ1v) is 8.22. The van der Waals surface area contributed by atoms with Gasteiger partial charge in [-0.25, -0.2) is 0 Å². The van der Waals surface area contributed by atoms with E-state index in [1.807, 2.05) is 30.3 Å². The molecule has 2 bridgehead atoms. The van der Waals surface area contributed by atoms with Crippen LogP contribution in [0.15, 0.2) is 30.3 Å². The van der Waals surface area contributed by atoms with Crippen LogP contribution in [0, 0.1) is 0 Å². The highest BCUT2D eigenvalue weighted by Gasteiger charge is 2.50. The van der Waals surface area contributed by atoms with Crippen molar-refractivity contribution in [3.8, 4) is 0 Å². The molecule has 0 amide bonds. The van der Waals surface area contributed by atoms with E-state index in [1.165, 1.54) is 12.8 Å². The van der Waals surface area contributed by atoms with Crippen LogP contribution in [-0.4, -0.2) is 54.4 Å². The summed E-state index contributed by atoms with van der Waals surface area (Å²) in [4.78, 5) is 12.5. The van der Waals surface area contributed by atoms with Crippen molar-refractivity contribution in [2.24, 2.45) is 0 Å². The minimum Gasteiger partial charge on any atom is -1.00 e. The van der Waals surface area contributed by atoms with Crippen molar-refractivity contribution in [2.45, 2.75) is 49.8 Å². The highest BCUT2D eigenvalue weighted by molar-refractivity contribution is 5.78. The second-order valence-electron chi connectivity index (χ2n) is 7.19. The number of aliphatic hydroxyl groups excluding tert-OH is 1. The van der Waals surface area contributed by atoms with Gasteiger partial charge in [-0.3, -0.25) is 4.79 Å². The average Bonchev–Trinajstić information content (AvgIpc) is 2.68. The number of esters is 1. The summed E-state index contributed by atoms with van der Waals surface area (Å²) in [7, 11) is 4.59. The molecule has 2 saturated heterocycles. The van der Waals surface area contributed by atoms with E-state index in [-0.39, 0.29) is 35.7 Å². The molecule has 0 radical (unpaired) electrons. The van der Waals surface area contributed by atoms with Gasteiger partial charge in [-0.15, -0.1) is 0 Å². The molecule has 0 spiro atoms. The fraction of sp³-hybridized carbons (Fsp3) is 0.611. The summed E-state index contributed by atoms with van der Waals surface area (Å²) < 4.78 is 6.83. The number of hydrogen-bond donors (Lipinski definition) is 1. The smallest absolute Gasteiger partial charge is 0.316 e. The van der Waals surface area contributed by atoms with Crippen molar-refractivity contribution in [2.75, 3.05) is 20.7 Å². The molecule has 2 aliphatic rings. The summed E-state index contributed by atoms with van der Waals surface area (Å²) in [5.74, 6) is -0.853. The molecule has 2 fully saturated rings. The molecule has 4 nitrogen and oxygen atoms in total. The van der Waals surface area contributed by atoms with Gasteiger partial charge in [0.25, 0.3) is 0 Å². The molecule has 2 unspecified atom stereocenters. The van der Waals surface area contributed by atoms with Crippen molar-refractivity contribution in [1.29, 1.82) is 0 Å². The molecule has 1 N–H and O–H groups in total.